The minimum atomic E-state index is -0.914. The summed E-state index contributed by atoms with van der Waals surface area (Å²) in [7, 11) is 1.28. The maximum absolute atomic E-state index is 13.3. The van der Waals surface area contributed by atoms with Gasteiger partial charge in [0, 0.05) is 42.4 Å². The third-order valence-corrected chi connectivity index (χ3v) is 8.31. The van der Waals surface area contributed by atoms with Gasteiger partial charge in [0.05, 0.1) is 7.11 Å². The van der Waals surface area contributed by atoms with Gasteiger partial charge in [0.15, 0.2) is 0 Å². The van der Waals surface area contributed by atoms with E-state index in [0.29, 0.717) is 19.3 Å². The number of nitrogens with one attached hydrogen (secondary N) is 1. The van der Waals surface area contributed by atoms with Gasteiger partial charge in [-0.1, -0.05) is 27.7 Å². The minimum Gasteiger partial charge on any atom is -0.467 e. The van der Waals surface area contributed by atoms with Gasteiger partial charge in [-0.15, -0.1) is 0 Å². The van der Waals surface area contributed by atoms with Crippen molar-refractivity contribution in [3.63, 3.8) is 0 Å². The molecule has 0 radical (unpaired) electrons. The highest BCUT2D eigenvalue weighted by Crippen LogP contribution is 2.60. The van der Waals surface area contributed by atoms with Gasteiger partial charge in [-0.2, -0.15) is 0 Å². The van der Waals surface area contributed by atoms with Crippen LogP contribution >= 0.6 is 0 Å². The smallest absolute Gasteiger partial charge is 0.328 e. The predicted molar refractivity (Wildman–Crippen MR) is 113 cm³/mol. The topological polar surface area (TPSA) is 107 Å². The maximum atomic E-state index is 13.3. The summed E-state index contributed by atoms with van der Waals surface area (Å²) in [6, 6.07) is -0.748. The Bertz CT molecular complexity index is 804. The molecule has 7 nitrogen and oxygen atoms in total. The van der Waals surface area contributed by atoms with Crippen LogP contribution in [0.4, 0.5) is 0 Å². The highest BCUT2D eigenvalue weighted by atomic mass is 16.5. The molecule has 1 amide bonds. The number of fused-ring (bicyclic) bond motifs is 3. The lowest BCUT2D eigenvalue weighted by Gasteiger charge is -2.53. The van der Waals surface area contributed by atoms with E-state index in [1.807, 2.05) is 27.7 Å². The fourth-order valence-electron chi connectivity index (χ4n) is 6.45. The molecule has 0 aromatic heterocycles. The summed E-state index contributed by atoms with van der Waals surface area (Å²) in [6.45, 7) is 7.37. The molecule has 0 spiro atoms. The lowest BCUT2D eigenvalue weighted by atomic mass is 9.48. The Morgan fingerprint density at radius 3 is 2.35 bits per heavy atom. The van der Waals surface area contributed by atoms with Crippen molar-refractivity contribution in [3.05, 3.63) is 0 Å². The molecule has 6 atom stereocenters. The molecule has 172 valence electrons. The molecule has 3 aliphatic rings. The minimum absolute atomic E-state index is 0.00965. The largest absolute Gasteiger partial charge is 0.467 e. The third-order valence-electron chi connectivity index (χ3n) is 8.31. The monoisotopic (exact) mass is 433 g/mol. The Morgan fingerprint density at radius 2 is 1.74 bits per heavy atom. The molecule has 0 aromatic rings. The second-order valence-electron chi connectivity index (χ2n) is 10.5. The Kier molecular flexibility index (Phi) is 6.45. The van der Waals surface area contributed by atoms with Crippen molar-refractivity contribution in [3.8, 4) is 0 Å². The van der Waals surface area contributed by atoms with Crippen LogP contribution in [0.15, 0.2) is 0 Å². The molecular weight excluding hydrogens is 398 g/mol. The highest BCUT2D eigenvalue weighted by molar-refractivity contribution is 5.99. The first-order chi connectivity index (χ1) is 14.5. The van der Waals surface area contributed by atoms with Gasteiger partial charge in [-0.25, -0.2) is 4.79 Å². The average molecular weight is 434 g/mol. The Hall–Kier alpha value is -2.05. The zero-order chi connectivity index (χ0) is 23.1. The summed E-state index contributed by atoms with van der Waals surface area (Å²) in [5.41, 5.74) is -1.51. The van der Waals surface area contributed by atoms with Crippen LogP contribution in [0, 0.1) is 34.5 Å². The van der Waals surface area contributed by atoms with Gasteiger partial charge >= 0.3 is 5.97 Å². The summed E-state index contributed by atoms with van der Waals surface area (Å²) >= 11 is 0. The van der Waals surface area contributed by atoms with E-state index in [2.05, 4.69) is 5.32 Å². The second kappa shape index (κ2) is 8.47. The fraction of sp³-hybridized carbons (Fsp3) is 0.792. The summed E-state index contributed by atoms with van der Waals surface area (Å²) in [6.07, 6.45) is 2.82. The van der Waals surface area contributed by atoms with Crippen LogP contribution in [0.3, 0.4) is 0 Å². The summed E-state index contributed by atoms with van der Waals surface area (Å²) in [4.78, 5) is 63.4. The molecule has 31 heavy (non-hydrogen) atoms. The predicted octanol–water partition coefficient (Wildman–Crippen LogP) is 2.64. The number of Topliss-reactive ketones (excluding diaryl/α,β-unsaturated/α-hetero) is 3. The average Bonchev–Trinajstić information content (AvgIpc) is 3.00. The molecule has 0 aromatic carbocycles. The standard InChI is InChI=1S/C24H35NO6/c1-13(2)21(22(30)31-5)25-19(29)10-11-23(3)17(27)8-6-14-15-7-9-18(28)24(15,4)12-16(26)20(14)23/h13-15,20-21H,6-12H2,1-5H3,(H,25,29). The van der Waals surface area contributed by atoms with Crippen molar-refractivity contribution in [2.45, 2.75) is 78.7 Å². The summed E-state index contributed by atoms with van der Waals surface area (Å²) < 4.78 is 4.77. The van der Waals surface area contributed by atoms with Crippen LogP contribution in [0.2, 0.25) is 0 Å². The van der Waals surface area contributed by atoms with E-state index in [0.717, 1.165) is 6.42 Å². The first-order valence-corrected chi connectivity index (χ1v) is 11.4. The number of hydrogen-bond donors (Lipinski definition) is 1. The van der Waals surface area contributed by atoms with Gasteiger partial charge in [-0.3, -0.25) is 19.2 Å². The van der Waals surface area contributed by atoms with Crippen molar-refractivity contribution in [1.29, 1.82) is 0 Å². The van der Waals surface area contributed by atoms with Gasteiger partial charge in [0.2, 0.25) is 5.91 Å². The molecule has 3 aliphatic carbocycles. The number of rotatable bonds is 6. The van der Waals surface area contributed by atoms with Crippen molar-refractivity contribution in [2.24, 2.45) is 34.5 Å². The molecule has 0 bridgehead atoms. The number of carbonyl (C=O) groups excluding carboxylic acids is 5. The van der Waals surface area contributed by atoms with E-state index in [4.69, 9.17) is 4.74 Å². The first-order valence-electron chi connectivity index (χ1n) is 11.4. The Balaban J connectivity index is 1.76. The summed E-state index contributed by atoms with van der Waals surface area (Å²) in [5, 5.41) is 2.72. The van der Waals surface area contributed by atoms with E-state index in [9.17, 15) is 24.0 Å². The Morgan fingerprint density at radius 1 is 1.10 bits per heavy atom. The van der Waals surface area contributed by atoms with Crippen LogP contribution in [0.1, 0.15) is 72.6 Å². The molecular formula is C24H35NO6. The molecule has 7 heteroatoms. The van der Waals surface area contributed by atoms with Crippen LogP contribution in [0.25, 0.3) is 0 Å². The third kappa shape index (κ3) is 3.96. The van der Waals surface area contributed by atoms with Crippen molar-refractivity contribution in [1.82, 2.24) is 5.32 Å². The zero-order valence-electron chi connectivity index (χ0n) is 19.3. The fourth-order valence-corrected chi connectivity index (χ4v) is 6.45. The number of amides is 1. The van der Waals surface area contributed by atoms with E-state index in [1.54, 1.807) is 0 Å². The lowest BCUT2D eigenvalue weighted by molar-refractivity contribution is -0.160. The number of carbonyl (C=O) groups is 5. The van der Waals surface area contributed by atoms with Gasteiger partial charge in [0.1, 0.15) is 23.4 Å². The molecule has 0 heterocycles. The molecule has 1 N–H and O–H groups in total. The maximum Gasteiger partial charge on any atom is 0.328 e. The van der Waals surface area contributed by atoms with Gasteiger partial charge < -0.3 is 10.1 Å². The molecule has 0 saturated heterocycles. The normalized spacial score (nSPS) is 36.1. The highest BCUT2D eigenvalue weighted by Gasteiger charge is 2.62. The van der Waals surface area contributed by atoms with Crippen molar-refractivity contribution >= 4 is 29.2 Å². The SMILES string of the molecule is COC(=O)C(NC(=O)CCC1(C)C(=O)CCC2C3CCC(=O)C3(C)CC(=O)C21)C(C)C. The molecule has 0 aliphatic heterocycles. The number of ether oxygens (including phenoxy) is 1. The van der Waals surface area contributed by atoms with Gasteiger partial charge in [-0.05, 0) is 37.0 Å². The van der Waals surface area contributed by atoms with Crippen LogP contribution < -0.4 is 5.32 Å². The number of esters is 1. The molecule has 3 fully saturated rings. The van der Waals surface area contributed by atoms with Crippen molar-refractivity contribution < 1.29 is 28.7 Å². The molecule has 3 saturated carbocycles. The van der Waals surface area contributed by atoms with E-state index in [1.165, 1.54) is 7.11 Å². The first kappa shape index (κ1) is 23.6. The van der Waals surface area contributed by atoms with E-state index < -0.39 is 28.8 Å². The molecule has 6 unspecified atom stereocenters. The number of ketones is 3. The quantitative estimate of drug-likeness (QED) is 0.646. The summed E-state index contributed by atoms with van der Waals surface area (Å²) in [5.74, 6) is -1.07. The number of methoxy groups -OCH3 is 1. The van der Waals surface area contributed by atoms with E-state index >= 15 is 0 Å². The number of hydrogen-bond acceptors (Lipinski definition) is 6. The lowest BCUT2D eigenvalue weighted by Crippen LogP contribution is -2.56. The Labute approximate surface area is 184 Å². The van der Waals surface area contributed by atoms with Crippen LogP contribution in [-0.4, -0.2) is 42.4 Å². The van der Waals surface area contributed by atoms with E-state index in [-0.39, 0.29) is 60.3 Å². The second-order valence-corrected chi connectivity index (χ2v) is 10.5. The molecule has 3 rings (SSSR count). The van der Waals surface area contributed by atoms with Crippen LogP contribution in [-0.2, 0) is 28.7 Å². The van der Waals surface area contributed by atoms with Gasteiger partial charge in [0.25, 0.3) is 0 Å². The zero-order valence-corrected chi connectivity index (χ0v) is 19.3. The van der Waals surface area contributed by atoms with Crippen LogP contribution in [0.5, 0.6) is 0 Å². The van der Waals surface area contributed by atoms with Crippen molar-refractivity contribution in [2.75, 3.05) is 7.11 Å².